The van der Waals surface area contributed by atoms with Crippen LogP contribution in [0.1, 0.15) is 62.0 Å². The van der Waals surface area contributed by atoms with Crippen LogP contribution >= 0.6 is 0 Å². The summed E-state index contributed by atoms with van der Waals surface area (Å²) >= 11 is 0. The van der Waals surface area contributed by atoms with Crippen molar-refractivity contribution in [3.63, 3.8) is 0 Å². The van der Waals surface area contributed by atoms with E-state index in [1.54, 1.807) is 7.11 Å². The van der Waals surface area contributed by atoms with E-state index in [9.17, 15) is 4.79 Å². The zero-order valence-corrected chi connectivity index (χ0v) is 12.1. The molecule has 0 saturated carbocycles. The number of ether oxygens (including phenoxy) is 1. The summed E-state index contributed by atoms with van der Waals surface area (Å²) in [5, 5.41) is 0. The van der Waals surface area contributed by atoms with Gasteiger partial charge < -0.3 is 10.5 Å². The van der Waals surface area contributed by atoms with Gasteiger partial charge in [0.1, 0.15) is 5.75 Å². The van der Waals surface area contributed by atoms with E-state index >= 15 is 0 Å². The molecule has 3 heteroatoms. The first-order valence-electron chi connectivity index (χ1n) is 6.20. The number of carbonyl (C=O) groups excluding carboxylic acids is 1. The van der Waals surface area contributed by atoms with Gasteiger partial charge in [0.2, 0.25) is 0 Å². The van der Waals surface area contributed by atoms with Gasteiger partial charge in [0, 0.05) is 0 Å². The van der Waals surface area contributed by atoms with Crippen LogP contribution in [0.25, 0.3) is 0 Å². The van der Waals surface area contributed by atoms with Crippen LogP contribution in [0.15, 0.2) is 12.1 Å². The molecule has 0 aromatic heterocycles. The van der Waals surface area contributed by atoms with Crippen LogP contribution in [0.4, 0.5) is 0 Å². The highest BCUT2D eigenvalue weighted by molar-refractivity contribution is 5.96. The number of amides is 1. The van der Waals surface area contributed by atoms with Gasteiger partial charge in [-0.1, -0.05) is 34.6 Å². The summed E-state index contributed by atoms with van der Waals surface area (Å²) in [6.07, 6.45) is 0. The van der Waals surface area contributed by atoms with Crippen molar-refractivity contribution in [2.24, 2.45) is 5.73 Å². The molecule has 0 radical (unpaired) electrons. The molecular formula is C15H23NO2. The second-order valence-corrected chi connectivity index (χ2v) is 5.91. The van der Waals surface area contributed by atoms with Crippen molar-refractivity contribution in [1.82, 2.24) is 0 Å². The molecule has 0 spiro atoms. The van der Waals surface area contributed by atoms with Gasteiger partial charge in [-0.15, -0.1) is 0 Å². The minimum Gasteiger partial charge on any atom is -0.496 e. The Kier molecular flexibility index (Phi) is 4.05. The average Bonchev–Trinajstić information content (AvgIpc) is 2.25. The lowest BCUT2D eigenvalue weighted by atomic mass is 9.79. The van der Waals surface area contributed by atoms with Crippen LogP contribution in [-0.4, -0.2) is 13.0 Å². The minimum absolute atomic E-state index is 0.0317. The van der Waals surface area contributed by atoms with Gasteiger partial charge in [0.25, 0.3) is 5.91 Å². The summed E-state index contributed by atoms with van der Waals surface area (Å²) in [4.78, 5) is 11.5. The fourth-order valence-corrected chi connectivity index (χ4v) is 2.08. The highest BCUT2D eigenvalue weighted by Gasteiger charge is 2.23. The Morgan fingerprint density at radius 1 is 1.28 bits per heavy atom. The van der Waals surface area contributed by atoms with Gasteiger partial charge in [-0.3, -0.25) is 4.79 Å². The number of nitrogens with two attached hydrogens (primary N) is 1. The number of primary amides is 1. The Hall–Kier alpha value is -1.51. The zero-order chi connectivity index (χ0) is 14.1. The van der Waals surface area contributed by atoms with Crippen LogP contribution in [0.3, 0.4) is 0 Å². The second-order valence-electron chi connectivity index (χ2n) is 5.91. The van der Waals surface area contributed by atoms with Gasteiger partial charge in [-0.25, -0.2) is 0 Å². The topological polar surface area (TPSA) is 52.3 Å². The van der Waals surface area contributed by atoms with Crippen molar-refractivity contribution in [3.05, 3.63) is 28.8 Å². The summed E-state index contributed by atoms with van der Waals surface area (Å²) in [7, 11) is 1.56. The van der Waals surface area contributed by atoms with Gasteiger partial charge in [0.15, 0.2) is 0 Å². The number of hydrogen-bond acceptors (Lipinski definition) is 2. The third kappa shape index (κ3) is 2.84. The van der Waals surface area contributed by atoms with E-state index in [1.807, 2.05) is 12.1 Å². The van der Waals surface area contributed by atoms with E-state index in [4.69, 9.17) is 10.5 Å². The fraction of sp³-hybridized carbons (Fsp3) is 0.533. The summed E-state index contributed by atoms with van der Waals surface area (Å²) < 4.78 is 5.26. The molecule has 0 saturated heterocycles. The second kappa shape index (κ2) is 5.01. The van der Waals surface area contributed by atoms with Gasteiger partial charge in [-0.05, 0) is 34.6 Å². The smallest absolute Gasteiger partial charge is 0.252 e. The summed E-state index contributed by atoms with van der Waals surface area (Å²) in [5.41, 5.74) is 8.17. The van der Waals surface area contributed by atoms with Crippen molar-refractivity contribution >= 4 is 5.91 Å². The predicted octanol–water partition coefficient (Wildman–Crippen LogP) is 3.22. The van der Waals surface area contributed by atoms with E-state index in [1.165, 1.54) is 5.56 Å². The van der Waals surface area contributed by atoms with Crippen molar-refractivity contribution in [2.45, 2.75) is 46.0 Å². The highest BCUT2D eigenvalue weighted by Crippen LogP contribution is 2.35. The van der Waals surface area contributed by atoms with E-state index in [0.29, 0.717) is 17.2 Å². The number of methoxy groups -OCH3 is 1. The first kappa shape index (κ1) is 14.6. The molecule has 1 rings (SSSR count). The maximum Gasteiger partial charge on any atom is 0.252 e. The normalized spacial score (nSPS) is 11.7. The standard InChI is InChI=1S/C15H23NO2/c1-9(2)10-8-13(18-6)11(14(16)17)7-12(10)15(3,4)5/h7-9H,1-6H3,(H2,16,17). The summed E-state index contributed by atoms with van der Waals surface area (Å²) in [6, 6.07) is 3.81. The van der Waals surface area contributed by atoms with Crippen LogP contribution < -0.4 is 10.5 Å². The molecule has 0 fully saturated rings. The molecule has 1 aromatic rings. The minimum atomic E-state index is -0.451. The molecule has 0 heterocycles. The molecule has 0 bridgehead atoms. The maximum atomic E-state index is 11.5. The Bertz CT molecular complexity index is 456. The van der Waals surface area contributed by atoms with Crippen molar-refractivity contribution in [3.8, 4) is 5.75 Å². The fourth-order valence-electron chi connectivity index (χ4n) is 2.08. The number of hydrogen-bond donors (Lipinski definition) is 1. The number of carbonyl (C=O) groups is 1. The lowest BCUT2D eigenvalue weighted by Gasteiger charge is -2.26. The summed E-state index contributed by atoms with van der Waals surface area (Å²) in [5.74, 6) is 0.474. The molecule has 0 aliphatic carbocycles. The van der Waals surface area contributed by atoms with Crippen LogP contribution in [0.5, 0.6) is 5.75 Å². The number of rotatable bonds is 3. The van der Waals surface area contributed by atoms with E-state index in [-0.39, 0.29) is 5.41 Å². The van der Waals surface area contributed by atoms with Crippen LogP contribution in [0.2, 0.25) is 0 Å². The first-order valence-corrected chi connectivity index (χ1v) is 6.20. The van der Waals surface area contributed by atoms with E-state index in [0.717, 1.165) is 5.56 Å². The van der Waals surface area contributed by atoms with Crippen LogP contribution in [0, 0.1) is 0 Å². The quantitative estimate of drug-likeness (QED) is 0.894. The molecule has 1 aromatic carbocycles. The molecule has 18 heavy (non-hydrogen) atoms. The molecule has 100 valence electrons. The Morgan fingerprint density at radius 3 is 2.17 bits per heavy atom. The van der Waals surface area contributed by atoms with Crippen molar-refractivity contribution in [1.29, 1.82) is 0 Å². The highest BCUT2D eigenvalue weighted by atomic mass is 16.5. The lowest BCUT2D eigenvalue weighted by Crippen LogP contribution is -2.19. The van der Waals surface area contributed by atoms with Crippen LogP contribution in [-0.2, 0) is 5.41 Å². The van der Waals surface area contributed by atoms with Crippen molar-refractivity contribution in [2.75, 3.05) is 7.11 Å². The van der Waals surface area contributed by atoms with E-state index in [2.05, 4.69) is 34.6 Å². The predicted molar refractivity (Wildman–Crippen MR) is 74.3 cm³/mol. The van der Waals surface area contributed by atoms with Gasteiger partial charge in [0.05, 0.1) is 12.7 Å². The largest absolute Gasteiger partial charge is 0.496 e. The third-order valence-corrected chi connectivity index (χ3v) is 3.07. The first-order chi connectivity index (χ1) is 8.18. The molecule has 0 aliphatic rings. The van der Waals surface area contributed by atoms with Gasteiger partial charge in [-0.2, -0.15) is 0 Å². The lowest BCUT2D eigenvalue weighted by molar-refractivity contribution is 0.0997. The Balaban J connectivity index is 3.58. The molecular weight excluding hydrogens is 226 g/mol. The molecule has 0 aliphatic heterocycles. The van der Waals surface area contributed by atoms with Crippen molar-refractivity contribution < 1.29 is 9.53 Å². The molecule has 0 unspecified atom stereocenters. The molecule has 3 nitrogen and oxygen atoms in total. The Labute approximate surface area is 109 Å². The zero-order valence-electron chi connectivity index (χ0n) is 12.1. The Morgan fingerprint density at radius 2 is 1.83 bits per heavy atom. The molecule has 2 N–H and O–H groups in total. The van der Waals surface area contributed by atoms with Gasteiger partial charge >= 0.3 is 0 Å². The number of benzene rings is 1. The monoisotopic (exact) mass is 249 g/mol. The maximum absolute atomic E-state index is 11.5. The average molecular weight is 249 g/mol. The SMILES string of the molecule is COc1cc(C(C)C)c(C(C)(C)C)cc1C(N)=O. The van der Waals surface area contributed by atoms with E-state index < -0.39 is 5.91 Å². The molecule has 1 amide bonds. The third-order valence-electron chi connectivity index (χ3n) is 3.07. The summed E-state index contributed by atoms with van der Waals surface area (Å²) in [6.45, 7) is 10.7. The molecule has 0 atom stereocenters.